The molecule has 0 spiro atoms. The average Bonchev–Trinajstić information content (AvgIpc) is 2.24. The summed E-state index contributed by atoms with van der Waals surface area (Å²) in [5.41, 5.74) is 0. The monoisotopic (exact) mass is 257 g/mol. The molecule has 0 aliphatic carbocycles. The van der Waals surface area contributed by atoms with Gasteiger partial charge in [-0.1, -0.05) is 0 Å². The van der Waals surface area contributed by atoms with Crippen LogP contribution in [0.2, 0.25) is 0 Å². The van der Waals surface area contributed by atoms with Crippen LogP contribution in [0.15, 0.2) is 0 Å². The van der Waals surface area contributed by atoms with Gasteiger partial charge < -0.3 is 20.1 Å². The molecule has 92 valence electrons. The number of hydrogen-bond acceptors (Lipinski definition) is 9. The molecule has 0 bridgehead atoms. The van der Waals surface area contributed by atoms with Gasteiger partial charge in [-0.2, -0.15) is 14.7 Å². The van der Waals surface area contributed by atoms with E-state index in [1.165, 1.54) is 0 Å². The number of ketones is 1. The highest BCUT2D eigenvalue weighted by molar-refractivity contribution is 7.60. The maximum Gasteiger partial charge on any atom is 0.456 e. The van der Waals surface area contributed by atoms with Crippen LogP contribution in [0.4, 0.5) is 0 Å². The summed E-state index contributed by atoms with van der Waals surface area (Å²) in [7, 11) is -4.88. The van der Waals surface area contributed by atoms with Gasteiger partial charge in [0.25, 0.3) is 5.78 Å². The van der Waals surface area contributed by atoms with E-state index in [4.69, 9.17) is 30.0 Å². The first-order valence-corrected chi connectivity index (χ1v) is 5.73. The molecule has 16 heavy (non-hydrogen) atoms. The summed E-state index contributed by atoms with van der Waals surface area (Å²) in [5.74, 6) is -5.45. The molecule has 10 heteroatoms. The van der Waals surface area contributed by atoms with Crippen LogP contribution in [0.5, 0.6) is 0 Å². The number of aliphatic hydroxyl groups excluding tert-OH is 3. The van der Waals surface area contributed by atoms with Gasteiger partial charge in [0.15, 0.2) is 6.10 Å². The number of aliphatic hydroxyl groups is 3. The van der Waals surface area contributed by atoms with E-state index < -0.39 is 43.9 Å². The van der Waals surface area contributed by atoms with Gasteiger partial charge in [-0.15, -0.1) is 0 Å². The third-order valence-corrected chi connectivity index (χ3v) is 2.95. The molecule has 0 amide bonds. The van der Waals surface area contributed by atoms with Crippen molar-refractivity contribution in [3.8, 4) is 0 Å². The summed E-state index contributed by atoms with van der Waals surface area (Å²) >= 11 is 0. The zero-order valence-corrected chi connectivity index (χ0v) is 8.56. The highest BCUT2D eigenvalue weighted by Gasteiger charge is 2.58. The Kier molecular flexibility index (Phi) is 3.60. The Balaban J connectivity index is 3.07. The Morgan fingerprint density at radius 3 is 1.94 bits per heavy atom. The van der Waals surface area contributed by atoms with Crippen LogP contribution in [0.25, 0.3) is 0 Å². The van der Waals surface area contributed by atoms with Crippen LogP contribution in [-0.2, 0) is 14.3 Å². The van der Waals surface area contributed by atoms with Crippen LogP contribution >= 0.6 is 7.94 Å². The van der Waals surface area contributed by atoms with E-state index in [1.54, 1.807) is 0 Å². The maximum absolute atomic E-state index is 11.2. The van der Waals surface area contributed by atoms with Gasteiger partial charge in [0, 0.05) is 0 Å². The molecule has 1 rings (SSSR count). The molecule has 1 aliphatic heterocycles. The van der Waals surface area contributed by atoms with Gasteiger partial charge in [0.1, 0.15) is 12.2 Å². The number of carbonyl (C=O) groups excluding carboxylic acids is 2. The van der Waals surface area contributed by atoms with Gasteiger partial charge in [0.2, 0.25) is 0 Å². The van der Waals surface area contributed by atoms with Gasteiger partial charge >= 0.3 is 19.8 Å². The predicted molar refractivity (Wildman–Crippen MR) is 46.5 cm³/mol. The van der Waals surface area contributed by atoms with Gasteiger partial charge in [-0.05, 0) is 0 Å². The molecule has 6 N–H and O–H groups in total. The minimum absolute atomic E-state index is 1.50. The first-order chi connectivity index (χ1) is 7.16. The van der Waals surface area contributed by atoms with E-state index in [0.29, 0.717) is 0 Å². The normalized spacial score (nSPS) is 36.9. The zero-order valence-electron chi connectivity index (χ0n) is 7.66. The lowest BCUT2D eigenvalue weighted by Gasteiger charge is -2.15. The molecule has 1 fully saturated rings. The van der Waals surface area contributed by atoms with E-state index in [2.05, 4.69) is 4.74 Å². The lowest BCUT2D eigenvalue weighted by atomic mass is 10.1. The zero-order chi connectivity index (χ0) is 12.7. The first kappa shape index (κ1) is 13.4. The SMILES string of the molecule is O=C1C([P+](O)(O)O)OC(=O)[C@H](O)[C@@H](O)[C@@H]1O. The summed E-state index contributed by atoms with van der Waals surface area (Å²) in [6.45, 7) is 0. The fourth-order valence-corrected chi connectivity index (χ4v) is 1.85. The van der Waals surface area contributed by atoms with Crippen molar-refractivity contribution in [3.05, 3.63) is 0 Å². The van der Waals surface area contributed by atoms with Crippen molar-refractivity contribution < 1.29 is 44.3 Å². The molecule has 1 unspecified atom stereocenters. The van der Waals surface area contributed by atoms with Gasteiger partial charge in [-0.25, -0.2) is 4.79 Å². The third kappa shape index (κ3) is 2.36. The Hall–Kier alpha value is -0.670. The average molecular weight is 257 g/mol. The third-order valence-electron chi connectivity index (χ3n) is 1.97. The van der Waals surface area contributed by atoms with Crippen LogP contribution in [0.3, 0.4) is 0 Å². The second-order valence-corrected chi connectivity index (χ2v) is 4.89. The van der Waals surface area contributed by atoms with Gasteiger partial charge in [0.05, 0.1) is 0 Å². The molecule has 0 radical (unpaired) electrons. The minimum atomic E-state index is -4.88. The number of Topliss-reactive ketones (excluding diaryl/α,β-unsaturated/α-hetero) is 1. The van der Waals surface area contributed by atoms with E-state index >= 15 is 0 Å². The van der Waals surface area contributed by atoms with Crippen LogP contribution in [0, 0.1) is 0 Å². The molecule has 1 saturated heterocycles. The number of cyclic esters (lactones) is 1. The topological polar surface area (TPSA) is 165 Å². The van der Waals surface area contributed by atoms with E-state index in [0.717, 1.165) is 0 Å². The van der Waals surface area contributed by atoms with Crippen molar-refractivity contribution in [3.63, 3.8) is 0 Å². The smallest absolute Gasteiger partial charge is 0.410 e. The molecule has 4 atom stereocenters. The van der Waals surface area contributed by atoms with Gasteiger partial charge in [-0.3, -0.25) is 4.79 Å². The summed E-state index contributed by atoms with van der Waals surface area (Å²) in [5, 5.41) is 27.3. The molecule has 9 nitrogen and oxygen atoms in total. The van der Waals surface area contributed by atoms with Crippen molar-refractivity contribution in [1.29, 1.82) is 0 Å². The van der Waals surface area contributed by atoms with Crippen molar-refractivity contribution in [2.75, 3.05) is 0 Å². The lowest BCUT2D eigenvalue weighted by Crippen LogP contribution is -2.44. The summed E-state index contributed by atoms with van der Waals surface area (Å²) < 4.78 is 4.08. The highest BCUT2D eigenvalue weighted by atomic mass is 31.2. The molecular formula is C6H10O9P+. The van der Waals surface area contributed by atoms with Crippen LogP contribution < -0.4 is 0 Å². The lowest BCUT2D eigenvalue weighted by molar-refractivity contribution is -0.160. The number of carbonyl (C=O) groups is 2. The van der Waals surface area contributed by atoms with E-state index in [9.17, 15) is 9.59 Å². The number of esters is 1. The highest BCUT2D eigenvalue weighted by Crippen LogP contribution is 2.52. The molecule has 0 aromatic carbocycles. The Morgan fingerprint density at radius 2 is 1.50 bits per heavy atom. The standard InChI is InChI=1S/C6H10O9P/c7-1-2(8)4(10)6(16(12,13)14)15-5(11)3(1)9/h1-3,6-9,12-14H/q+1/t1-,2-,3+,6?/m0/s1. The molecular weight excluding hydrogens is 247 g/mol. The second kappa shape index (κ2) is 4.30. The van der Waals surface area contributed by atoms with E-state index in [1.807, 2.05) is 0 Å². The molecule has 0 aromatic heterocycles. The fraction of sp³-hybridized carbons (Fsp3) is 0.667. The summed E-state index contributed by atoms with van der Waals surface area (Å²) in [6.07, 6.45) is -6.63. The quantitative estimate of drug-likeness (QED) is 0.204. The van der Waals surface area contributed by atoms with Crippen molar-refractivity contribution >= 4 is 19.7 Å². The summed E-state index contributed by atoms with van der Waals surface area (Å²) in [6, 6.07) is 0. The number of hydrogen-bond donors (Lipinski definition) is 6. The molecule has 0 saturated carbocycles. The second-order valence-electron chi connectivity index (χ2n) is 3.19. The Morgan fingerprint density at radius 1 is 1.00 bits per heavy atom. The van der Waals surface area contributed by atoms with Crippen LogP contribution in [0.1, 0.15) is 0 Å². The Bertz CT molecular complexity index is 310. The van der Waals surface area contributed by atoms with Crippen molar-refractivity contribution in [2.24, 2.45) is 0 Å². The number of ether oxygens (including phenoxy) is 1. The van der Waals surface area contributed by atoms with Crippen molar-refractivity contribution in [1.82, 2.24) is 0 Å². The van der Waals surface area contributed by atoms with Crippen LogP contribution in [-0.4, -0.2) is 65.9 Å². The summed E-state index contributed by atoms with van der Waals surface area (Å²) in [4.78, 5) is 48.6. The molecule has 1 heterocycles. The molecule has 1 aliphatic rings. The Labute approximate surface area is 89.1 Å². The predicted octanol–water partition coefficient (Wildman–Crippen LogP) is -3.74. The first-order valence-electron chi connectivity index (χ1n) is 4.01. The minimum Gasteiger partial charge on any atom is -0.410 e. The molecule has 0 aromatic rings. The largest absolute Gasteiger partial charge is 0.456 e. The fourth-order valence-electron chi connectivity index (χ4n) is 1.11. The maximum atomic E-state index is 11.2. The van der Waals surface area contributed by atoms with Crippen molar-refractivity contribution in [2.45, 2.75) is 24.2 Å². The number of rotatable bonds is 1. The van der Waals surface area contributed by atoms with E-state index in [-0.39, 0.29) is 0 Å².